The molecule has 1 saturated heterocycles. The Kier molecular flexibility index (Phi) is 6.79. The normalized spacial score (nSPS) is 21.7. The summed E-state index contributed by atoms with van der Waals surface area (Å²) in [6.45, 7) is 7.41. The molecule has 0 aromatic heterocycles. The van der Waals surface area contributed by atoms with Gasteiger partial charge in [0.15, 0.2) is 0 Å². The van der Waals surface area contributed by atoms with Gasteiger partial charge in [0.2, 0.25) is 0 Å². The van der Waals surface area contributed by atoms with E-state index in [2.05, 4.69) is 70.5 Å². The fourth-order valence-corrected chi connectivity index (χ4v) is 4.30. The van der Waals surface area contributed by atoms with E-state index in [1.165, 1.54) is 56.3 Å². The van der Waals surface area contributed by atoms with Crippen molar-refractivity contribution < 1.29 is 4.74 Å². The minimum absolute atomic E-state index is 0.117. The molecular weight excluding hydrogens is 344 g/mol. The van der Waals surface area contributed by atoms with E-state index in [4.69, 9.17) is 4.74 Å². The Bertz CT molecular complexity index is 699. The number of rotatable bonds is 4. The first-order valence-electron chi connectivity index (χ1n) is 11.0. The number of hydrogen-bond acceptors (Lipinski definition) is 3. The van der Waals surface area contributed by atoms with Gasteiger partial charge in [-0.1, -0.05) is 67.1 Å². The fraction of sp³-hybridized carbons (Fsp3) is 0.520. The third-order valence-corrected chi connectivity index (χ3v) is 6.08. The summed E-state index contributed by atoms with van der Waals surface area (Å²) in [5, 5.41) is 0. The molecule has 3 nitrogen and oxygen atoms in total. The van der Waals surface area contributed by atoms with Crippen LogP contribution in [0.1, 0.15) is 43.2 Å². The summed E-state index contributed by atoms with van der Waals surface area (Å²) in [5.41, 5.74) is 2.94. The van der Waals surface area contributed by atoms with Gasteiger partial charge in [0.05, 0.1) is 12.2 Å². The maximum Gasteiger partial charge on any atom is 0.0811 e. The largest absolute Gasteiger partial charge is 0.372 e. The number of hydrogen-bond donors (Lipinski definition) is 0. The highest BCUT2D eigenvalue weighted by molar-refractivity contribution is 5.15. The highest BCUT2D eigenvalue weighted by Gasteiger charge is 2.45. The quantitative estimate of drug-likeness (QED) is 0.765. The summed E-state index contributed by atoms with van der Waals surface area (Å²) < 4.78 is 6.47. The van der Waals surface area contributed by atoms with E-state index in [0.717, 1.165) is 32.8 Å². The molecule has 2 aromatic rings. The van der Waals surface area contributed by atoms with Crippen LogP contribution in [-0.2, 0) is 17.8 Å². The van der Waals surface area contributed by atoms with Gasteiger partial charge in [0.25, 0.3) is 0 Å². The third kappa shape index (κ3) is 5.91. The van der Waals surface area contributed by atoms with E-state index in [0.29, 0.717) is 0 Å². The molecular formula is C25H34N2O. The Labute approximate surface area is 170 Å². The molecule has 1 saturated carbocycles. The highest BCUT2D eigenvalue weighted by atomic mass is 16.5. The molecule has 1 aliphatic carbocycles. The van der Waals surface area contributed by atoms with Crippen molar-refractivity contribution in [3.05, 3.63) is 71.8 Å². The lowest BCUT2D eigenvalue weighted by Crippen LogP contribution is -2.38. The predicted octanol–water partition coefficient (Wildman–Crippen LogP) is 4.72. The molecule has 150 valence electrons. The van der Waals surface area contributed by atoms with Crippen molar-refractivity contribution in [2.45, 2.75) is 50.8 Å². The molecule has 0 radical (unpaired) electrons. The fourth-order valence-electron chi connectivity index (χ4n) is 4.30. The smallest absolute Gasteiger partial charge is 0.0811 e. The van der Waals surface area contributed by atoms with E-state index in [1.54, 1.807) is 0 Å². The minimum atomic E-state index is 0.117. The Morgan fingerprint density at radius 2 is 1.25 bits per heavy atom. The summed E-state index contributed by atoms with van der Waals surface area (Å²) in [4.78, 5) is 5.21. The molecule has 1 heterocycles. The average molecular weight is 379 g/mol. The van der Waals surface area contributed by atoms with E-state index in [1.807, 2.05) is 0 Å². The first-order chi connectivity index (χ1) is 13.8. The average Bonchev–Trinajstić information content (AvgIpc) is 3.47. The summed E-state index contributed by atoms with van der Waals surface area (Å²) in [5.74, 6) is 0. The Morgan fingerprint density at radius 3 is 1.86 bits per heavy atom. The molecule has 1 spiro atoms. The summed E-state index contributed by atoms with van der Waals surface area (Å²) in [6.07, 6.45) is 6.30. The van der Waals surface area contributed by atoms with Crippen LogP contribution in [0.4, 0.5) is 0 Å². The second kappa shape index (κ2) is 9.69. The Hall–Kier alpha value is -1.68. The van der Waals surface area contributed by atoms with Crippen molar-refractivity contribution in [3.63, 3.8) is 0 Å². The van der Waals surface area contributed by atoms with E-state index >= 15 is 0 Å². The lowest BCUT2D eigenvalue weighted by Gasteiger charge is -2.30. The van der Waals surface area contributed by atoms with Gasteiger partial charge in [0.1, 0.15) is 0 Å². The lowest BCUT2D eigenvalue weighted by atomic mass is 10.1. The SMILES string of the molecule is c1ccc(CN2CCCCCN(Cc3ccccc3)CC3(CC3)OCC2)cc1. The molecule has 2 aliphatic rings. The maximum atomic E-state index is 6.47. The van der Waals surface area contributed by atoms with Crippen LogP contribution in [0.2, 0.25) is 0 Å². The second-order valence-corrected chi connectivity index (χ2v) is 8.55. The van der Waals surface area contributed by atoms with Crippen LogP contribution in [0.25, 0.3) is 0 Å². The number of nitrogens with zero attached hydrogens (tertiary/aromatic N) is 2. The zero-order chi connectivity index (χ0) is 19.1. The van der Waals surface area contributed by atoms with Crippen LogP contribution in [0.15, 0.2) is 60.7 Å². The van der Waals surface area contributed by atoms with Crippen LogP contribution in [-0.4, -0.2) is 48.2 Å². The van der Waals surface area contributed by atoms with Gasteiger partial charge >= 0.3 is 0 Å². The van der Waals surface area contributed by atoms with Gasteiger partial charge < -0.3 is 4.74 Å². The van der Waals surface area contributed by atoms with Crippen molar-refractivity contribution in [2.75, 3.05) is 32.8 Å². The number of benzene rings is 2. The minimum Gasteiger partial charge on any atom is -0.372 e. The van der Waals surface area contributed by atoms with Crippen molar-refractivity contribution >= 4 is 0 Å². The predicted molar refractivity (Wildman–Crippen MR) is 115 cm³/mol. The van der Waals surface area contributed by atoms with Gasteiger partial charge in [-0.3, -0.25) is 9.80 Å². The van der Waals surface area contributed by atoms with Crippen molar-refractivity contribution in [1.29, 1.82) is 0 Å². The standard InChI is InChI=1S/C25H34N2O/c1-4-10-23(11-5-1)20-26-16-8-3-9-17-27(21-24-12-6-2-7-13-24)22-25(14-15-25)28-19-18-26/h1-2,4-7,10-13H,3,8-9,14-22H2. The molecule has 2 aromatic carbocycles. The molecule has 0 atom stereocenters. The molecule has 0 N–H and O–H groups in total. The molecule has 0 bridgehead atoms. The van der Waals surface area contributed by atoms with Crippen LogP contribution in [0.5, 0.6) is 0 Å². The Morgan fingerprint density at radius 1 is 0.679 bits per heavy atom. The van der Waals surface area contributed by atoms with Crippen molar-refractivity contribution in [2.24, 2.45) is 0 Å². The van der Waals surface area contributed by atoms with Crippen molar-refractivity contribution in [3.8, 4) is 0 Å². The first-order valence-corrected chi connectivity index (χ1v) is 11.0. The van der Waals surface area contributed by atoms with Crippen LogP contribution in [0.3, 0.4) is 0 Å². The third-order valence-electron chi connectivity index (χ3n) is 6.08. The van der Waals surface area contributed by atoms with Crippen molar-refractivity contribution in [1.82, 2.24) is 9.80 Å². The van der Waals surface area contributed by atoms with E-state index < -0.39 is 0 Å². The van der Waals surface area contributed by atoms with Crippen LogP contribution < -0.4 is 0 Å². The van der Waals surface area contributed by atoms with Crippen LogP contribution >= 0.6 is 0 Å². The molecule has 4 rings (SSSR count). The molecule has 1 aliphatic heterocycles. The van der Waals surface area contributed by atoms with Gasteiger partial charge in [-0.25, -0.2) is 0 Å². The second-order valence-electron chi connectivity index (χ2n) is 8.55. The van der Waals surface area contributed by atoms with E-state index in [-0.39, 0.29) is 5.60 Å². The lowest BCUT2D eigenvalue weighted by molar-refractivity contribution is -0.00828. The zero-order valence-corrected chi connectivity index (χ0v) is 17.1. The maximum absolute atomic E-state index is 6.47. The van der Waals surface area contributed by atoms with Gasteiger partial charge in [-0.2, -0.15) is 0 Å². The molecule has 2 fully saturated rings. The van der Waals surface area contributed by atoms with E-state index in [9.17, 15) is 0 Å². The van der Waals surface area contributed by atoms with Crippen LogP contribution in [0, 0.1) is 0 Å². The summed E-state index contributed by atoms with van der Waals surface area (Å²) in [6, 6.07) is 21.8. The first kappa shape index (κ1) is 19.6. The highest BCUT2D eigenvalue weighted by Crippen LogP contribution is 2.40. The topological polar surface area (TPSA) is 15.7 Å². The summed E-state index contributed by atoms with van der Waals surface area (Å²) >= 11 is 0. The van der Waals surface area contributed by atoms with Gasteiger partial charge in [0, 0.05) is 26.2 Å². The number of ether oxygens (including phenoxy) is 1. The summed E-state index contributed by atoms with van der Waals surface area (Å²) in [7, 11) is 0. The molecule has 0 unspecified atom stereocenters. The monoisotopic (exact) mass is 378 g/mol. The molecule has 28 heavy (non-hydrogen) atoms. The van der Waals surface area contributed by atoms with Gasteiger partial charge in [-0.15, -0.1) is 0 Å². The molecule has 0 amide bonds. The van der Waals surface area contributed by atoms with Gasteiger partial charge in [-0.05, 0) is 49.9 Å². The zero-order valence-electron chi connectivity index (χ0n) is 17.1. The molecule has 3 heteroatoms. The Balaban J connectivity index is 1.34.